The van der Waals surface area contributed by atoms with Crippen molar-refractivity contribution < 1.29 is 29.0 Å². The van der Waals surface area contributed by atoms with Crippen molar-refractivity contribution in [3.63, 3.8) is 0 Å². The Morgan fingerprint density at radius 1 is 1.43 bits per heavy atom. The highest BCUT2D eigenvalue weighted by Gasteiger charge is 2.32. The van der Waals surface area contributed by atoms with Crippen LogP contribution in [-0.4, -0.2) is 30.2 Å². The summed E-state index contributed by atoms with van der Waals surface area (Å²) in [5, 5.41) is 9.18. The molecule has 0 amide bonds. The van der Waals surface area contributed by atoms with E-state index in [1.807, 2.05) is 13.0 Å². The first-order valence-corrected chi connectivity index (χ1v) is 9.35. The second kappa shape index (κ2) is 8.40. The number of isocyanates is 1. The SMILES string of the molecule is COc1c(C)c2c(c(N=C=O)c1C/C=C1\CCCCC1CC(=O)O)C(=O)OC2. The van der Waals surface area contributed by atoms with Gasteiger partial charge in [-0.25, -0.2) is 9.59 Å². The number of fused-ring (bicyclic) bond motifs is 1. The third-order valence-electron chi connectivity index (χ3n) is 5.59. The zero-order chi connectivity index (χ0) is 20.3. The van der Waals surface area contributed by atoms with Crippen LogP contribution in [0.1, 0.15) is 59.2 Å². The number of rotatable bonds is 6. The van der Waals surface area contributed by atoms with E-state index < -0.39 is 11.9 Å². The zero-order valence-corrected chi connectivity index (χ0v) is 16.0. The summed E-state index contributed by atoms with van der Waals surface area (Å²) in [6.07, 6.45) is 7.76. The van der Waals surface area contributed by atoms with Crippen LogP contribution in [0.5, 0.6) is 5.75 Å². The van der Waals surface area contributed by atoms with E-state index in [0.717, 1.165) is 36.8 Å². The molecule has 0 aromatic heterocycles. The van der Waals surface area contributed by atoms with E-state index in [-0.39, 0.29) is 24.6 Å². The first-order valence-electron chi connectivity index (χ1n) is 9.35. The molecule has 0 bridgehead atoms. The highest BCUT2D eigenvalue weighted by molar-refractivity contribution is 6.01. The standard InChI is InChI=1S/C21H23NO6/c1-12-16-10-28-21(26)18(16)19(22-11-23)15(20(12)27-2)8-7-13-5-3-4-6-14(13)9-17(24)25/h7,14H,3-6,8-10H2,1-2H3,(H,24,25)/b13-7+. The predicted octanol–water partition coefficient (Wildman–Crippen LogP) is 3.78. The fourth-order valence-electron chi connectivity index (χ4n) is 4.25. The number of allylic oxidation sites excluding steroid dienone is 2. The Labute approximate surface area is 163 Å². The maximum absolute atomic E-state index is 12.2. The Balaban J connectivity index is 2.07. The minimum atomic E-state index is -0.808. The van der Waals surface area contributed by atoms with Crippen LogP contribution in [0.4, 0.5) is 5.69 Å². The maximum atomic E-state index is 12.2. The van der Waals surface area contributed by atoms with Crippen LogP contribution in [0.3, 0.4) is 0 Å². The second-order valence-electron chi connectivity index (χ2n) is 7.14. The normalized spacial score (nSPS) is 19.7. The van der Waals surface area contributed by atoms with Crippen LogP contribution < -0.4 is 4.74 Å². The number of carboxylic acids is 1. The lowest BCUT2D eigenvalue weighted by Crippen LogP contribution is -2.15. The number of aliphatic imine (C=N–C) groups is 1. The molecular weight excluding hydrogens is 362 g/mol. The van der Waals surface area contributed by atoms with Crippen molar-refractivity contribution in [3.05, 3.63) is 33.9 Å². The predicted molar refractivity (Wildman–Crippen MR) is 101 cm³/mol. The lowest BCUT2D eigenvalue weighted by atomic mass is 9.81. The molecule has 1 aromatic carbocycles. The lowest BCUT2D eigenvalue weighted by Gasteiger charge is -2.24. The fourth-order valence-corrected chi connectivity index (χ4v) is 4.25. The number of nitrogens with zero attached hydrogens (tertiary/aromatic N) is 1. The van der Waals surface area contributed by atoms with E-state index in [0.29, 0.717) is 28.9 Å². The number of esters is 1. The number of benzene rings is 1. The minimum absolute atomic E-state index is 0.00996. The lowest BCUT2D eigenvalue weighted by molar-refractivity contribution is -0.137. The molecule has 3 rings (SSSR count). The Hall–Kier alpha value is -2.92. The van der Waals surface area contributed by atoms with Crippen molar-refractivity contribution in [2.45, 2.75) is 52.1 Å². The van der Waals surface area contributed by atoms with Crippen LogP contribution >= 0.6 is 0 Å². The van der Waals surface area contributed by atoms with Gasteiger partial charge >= 0.3 is 11.9 Å². The summed E-state index contributed by atoms with van der Waals surface area (Å²) in [5.41, 5.74) is 3.70. The summed E-state index contributed by atoms with van der Waals surface area (Å²) in [6.45, 7) is 1.97. The molecule has 7 nitrogen and oxygen atoms in total. The number of cyclic esters (lactones) is 1. The van der Waals surface area contributed by atoms with Crippen LogP contribution in [0.25, 0.3) is 0 Å². The van der Waals surface area contributed by atoms with E-state index in [4.69, 9.17) is 9.47 Å². The van der Waals surface area contributed by atoms with Gasteiger partial charge in [-0.05, 0) is 44.1 Å². The first-order chi connectivity index (χ1) is 13.5. The molecule has 2 aliphatic rings. The van der Waals surface area contributed by atoms with Crippen molar-refractivity contribution in [1.82, 2.24) is 0 Å². The maximum Gasteiger partial charge on any atom is 0.341 e. The van der Waals surface area contributed by atoms with E-state index in [9.17, 15) is 19.5 Å². The smallest absolute Gasteiger partial charge is 0.341 e. The van der Waals surface area contributed by atoms with Gasteiger partial charge in [-0.15, -0.1) is 0 Å². The molecule has 1 heterocycles. The molecule has 148 valence electrons. The molecule has 1 saturated carbocycles. The summed E-state index contributed by atoms with van der Waals surface area (Å²) in [4.78, 5) is 38.2. The molecule has 1 fully saturated rings. The molecule has 1 aromatic rings. The number of hydrogen-bond donors (Lipinski definition) is 1. The van der Waals surface area contributed by atoms with E-state index in [1.54, 1.807) is 0 Å². The fraction of sp³-hybridized carbons (Fsp3) is 0.476. The summed E-state index contributed by atoms with van der Waals surface area (Å²) in [5.74, 6) is -0.743. The number of aliphatic carboxylic acids is 1. The van der Waals surface area contributed by atoms with Gasteiger partial charge in [-0.1, -0.05) is 18.1 Å². The van der Waals surface area contributed by atoms with Crippen LogP contribution in [-0.2, 0) is 27.4 Å². The van der Waals surface area contributed by atoms with Gasteiger partial charge in [0.05, 0.1) is 24.8 Å². The summed E-state index contributed by atoms with van der Waals surface area (Å²) < 4.78 is 10.7. The van der Waals surface area contributed by atoms with E-state index in [1.165, 1.54) is 13.2 Å². The average Bonchev–Trinajstić information content (AvgIpc) is 3.05. The Morgan fingerprint density at radius 2 is 2.21 bits per heavy atom. The molecule has 1 aliphatic heterocycles. The Morgan fingerprint density at radius 3 is 2.89 bits per heavy atom. The summed E-state index contributed by atoms with van der Waals surface area (Å²) in [6, 6.07) is 0. The molecule has 1 aliphatic carbocycles. The third-order valence-corrected chi connectivity index (χ3v) is 5.59. The quantitative estimate of drug-likeness (QED) is 0.346. The number of carboxylic acid groups (broad SMARTS) is 1. The van der Waals surface area contributed by atoms with Crippen LogP contribution in [0.2, 0.25) is 0 Å². The van der Waals surface area contributed by atoms with Gasteiger partial charge in [0.25, 0.3) is 0 Å². The second-order valence-corrected chi connectivity index (χ2v) is 7.14. The molecular formula is C21H23NO6. The molecule has 7 heteroatoms. The minimum Gasteiger partial charge on any atom is -0.496 e. The summed E-state index contributed by atoms with van der Waals surface area (Å²) >= 11 is 0. The summed E-state index contributed by atoms with van der Waals surface area (Å²) in [7, 11) is 1.53. The van der Waals surface area contributed by atoms with Crippen molar-refractivity contribution >= 4 is 23.7 Å². The highest BCUT2D eigenvalue weighted by Crippen LogP contribution is 2.43. The van der Waals surface area contributed by atoms with Crippen LogP contribution in [0.15, 0.2) is 16.6 Å². The van der Waals surface area contributed by atoms with Gasteiger partial charge in [-0.3, -0.25) is 4.79 Å². The van der Waals surface area contributed by atoms with Crippen molar-refractivity contribution in [3.8, 4) is 5.75 Å². The van der Waals surface area contributed by atoms with Gasteiger partial charge in [0.1, 0.15) is 12.4 Å². The monoisotopic (exact) mass is 385 g/mol. The molecule has 1 atom stereocenters. The van der Waals surface area contributed by atoms with E-state index >= 15 is 0 Å². The average molecular weight is 385 g/mol. The zero-order valence-electron chi connectivity index (χ0n) is 16.0. The Kier molecular flexibility index (Phi) is 5.95. The van der Waals surface area contributed by atoms with Gasteiger partial charge in [0, 0.05) is 11.1 Å². The first kappa shape index (κ1) is 19.8. The molecule has 0 saturated heterocycles. The van der Waals surface area contributed by atoms with Gasteiger partial charge in [0.2, 0.25) is 6.08 Å². The molecule has 28 heavy (non-hydrogen) atoms. The number of carbonyl (C=O) groups excluding carboxylic acids is 2. The number of hydrogen-bond acceptors (Lipinski definition) is 6. The number of ether oxygens (including phenoxy) is 2. The molecule has 0 spiro atoms. The van der Waals surface area contributed by atoms with Gasteiger partial charge in [-0.2, -0.15) is 4.99 Å². The van der Waals surface area contributed by atoms with Gasteiger partial charge in [0.15, 0.2) is 0 Å². The topological polar surface area (TPSA) is 102 Å². The van der Waals surface area contributed by atoms with Gasteiger partial charge < -0.3 is 14.6 Å². The van der Waals surface area contributed by atoms with E-state index in [2.05, 4.69) is 4.99 Å². The molecule has 1 N–H and O–H groups in total. The molecule has 0 radical (unpaired) electrons. The Bertz CT molecular complexity index is 895. The highest BCUT2D eigenvalue weighted by atomic mass is 16.5. The van der Waals surface area contributed by atoms with Crippen molar-refractivity contribution in [2.24, 2.45) is 10.9 Å². The number of carbonyl (C=O) groups is 2. The van der Waals surface area contributed by atoms with Crippen LogP contribution in [0, 0.1) is 12.8 Å². The largest absolute Gasteiger partial charge is 0.496 e. The van der Waals surface area contributed by atoms with Crippen molar-refractivity contribution in [1.29, 1.82) is 0 Å². The molecule has 1 unspecified atom stereocenters. The number of methoxy groups -OCH3 is 1. The van der Waals surface area contributed by atoms with Crippen molar-refractivity contribution in [2.75, 3.05) is 7.11 Å². The third kappa shape index (κ3) is 3.71.